The van der Waals surface area contributed by atoms with E-state index < -0.39 is 0 Å². The fourth-order valence-electron chi connectivity index (χ4n) is 3.72. The van der Waals surface area contributed by atoms with Crippen LogP contribution in [0.25, 0.3) is 0 Å². The molecule has 138 valence electrons. The van der Waals surface area contributed by atoms with Crippen LogP contribution in [-0.2, 0) is 17.9 Å². The quantitative estimate of drug-likeness (QED) is 0.678. The number of amides is 1. The third kappa shape index (κ3) is 5.41. The highest BCUT2D eigenvalue weighted by atomic mass is 16.2. The smallest absolute Gasteiger partial charge is 0.279 e. The molecule has 1 aliphatic heterocycles. The molecule has 26 heavy (non-hydrogen) atoms. The molecular weight excluding hydrogens is 322 g/mol. The van der Waals surface area contributed by atoms with Gasteiger partial charge in [-0.05, 0) is 24.6 Å². The summed E-state index contributed by atoms with van der Waals surface area (Å²) < 4.78 is 0. The third-order valence-electron chi connectivity index (χ3n) is 5.22. The Labute approximate surface area is 156 Å². The van der Waals surface area contributed by atoms with Gasteiger partial charge in [0.2, 0.25) is 0 Å². The number of likely N-dealkylation sites (tertiary alicyclic amines) is 1. The number of anilines is 1. The van der Waals surface area contributed by atoms with Crippen LogP contribution in [0.3, 0.4) is 0 Å². The average Bonchev–Trinajstić information content (AvgIpc) is 3.11. The molecule has 1 atom stereocenters. The molecule has 0 saturated carbocycles. The normalized spacial score (nSPS) is 15.8. The molecule has 2 aromatic carbocycles. The largest absolute Gasteiger partial charge is 0.331 e. The van der Waals surface area contributed by atoms with Crippen LogP contribution >= 0.6 is 0 Å². The van der Waals surface area contributed by atoms with Crippen molar-refractivity contribution in [3.05, 3.63) is 65.2 Å². The molecule has 1 fully saturated rings. The number of nitrogens with one attached hydrogen (secondary N) is 3. The summed E-state index contributed by atoms with van der Waals surface area (Å²) in [5, 5.41) is 3.03. The number of hydrogen-bond acceptors (Lipinski definition) is 1. The van der Waals surface area contributed by atoms with Gasteiger partial charge in [-0.3, -0.25) is 4.79 Å². The van der Waals surface area contributed by atoms with Crippen LogP contribution in [0, 0.1) is 6.92 Å². The number of aryl methyl sites for hydroxylation is 1. The van der Waals surface area contributed by atoms with Crippen LogP contribution < -0.4 is 15.1 Å². The first-order valence-electron chi connectivity index (χ1n) is 9.68. The highest BCUT2D eigenvalue weighted by Gasteiger charge is 2.16. The van der Waals surface area contributed by atoms with Crippen molar-refractivity contribution in [2.75, 3.05) is 32.0 Å². The van der Waals surface area contributed by atoms with Gasteiger partial charge in [-0.15, -0.1) is 0 Å². The van der Waals surface area contributed by atoms with Gasteiger partial charge in [0.15, 0.2) is 6.54 Å². The van der Waals surface area contributed by atoms with E-state index in [0.29, 0.717) is 6.54 Å². The minimum absolute atomic E-state index is 0.0639. The molecule has 0 bridgehead atoms. The van der Waals surface area contributed by atoms with E-state index in [2.05, 4.69) is 55.7 Å². The Morgan fingerprint density at radius 2 is 1.77 bits per heavy atom. The van der Waals surface area contributed by atoms with Crippen molar-refractivity contribution < 1.29 is 14.6 Å². The molecule has 0 aliphatic carbocycles. The molecule has 1 aliphatic rings. The Morgan fingerprint density at radius 1 is 1.08 bits per heavy atom. The van der Waals surface area contributed by atoms with Gasteiger partial charge in [-0.1, -0.05) is 36.4 Å². The van der Waals surface area contributed by atoms with Crippen molar-refractivity contribution in [1.29, 1.82) is 0 Å². The van der Waals surface area contributed by atoms with E-state index >= 15 is 0 Å². The molecule has 1 amide bonds. The lowest BCUT2D eigenvalue weighted by molar-refractivity contribution is -0.901. The topological polar surface area (TPSA) is 38.0 Å². The molecule has 4 nitrogen and oxygen atoms in total. The van der Waals surface area contributed by atoms with E-state index in [4.69, 9.17) is 0 Å². The highest BCUT2D eigenvalue weighted by molar-refractivity contribution is 5.91. The van der Waals surface area contributed by atoms with Crippen molar-refractivity contribution in [2.45, 2.75) is 32.9 Å². The average molecular weight is 354 g/mol. The van der Waals surface area contributed by atoms with Gasteiger partial charge in [-0.25, -0.2) is 0 Å². The van der Waals surface area contributed by atoms with Crippen LogP contribution in [0.15, 0.2) is 48.5 Å². The van der Waals surface area contributed by atoms with Crippen molar-refractivity contribution in [1.82, 2.24) is 0 Å². The Balaban J connectivity index is 1.47. The molecule has 0 radical (unpaired) electrons. The molecule has 1 heterocycles. The Morgan fingerprint density at radius 3 is 2.46 bits per heavy atom. The van der Waals surface area contributed by atoms with E-state index in [1.807, 2.05) is 12.1 Å². The lowest BCUT2D eigenvalue weighted by Crippen LogP contribution is -3.08. The minimum atomic E-state index is 0.0639. The van der Waals surface area contributed by atoms with Gasteiger partial charge < -0.3 is 15.1 Å². The molecule has 0 aromatic heterocycles. The fraction of sp³-hybridized carbons (Fsp3) is 0.409. The van der Waals surface area contributed by atoms with Gasteiger partial charge in [0, 0.05) is 29.7 Å². The van der Waals surface area contributed by atoms with Crippen molar-refractivity contribution in [3.63, 3.8) is 0 Å². The zero-order valence-electron chi connectivity index (χ0n) is 16.0. The Hall–Kier alpha value is -2.17. The van der Waals surface area contributed by atoms with Crippen molar-refractivity contribution in [2.24, 2.45) is 0 Å². The number of hydrogen-bond donors (Lipinski definition) is 3. The number of quaternary nitrogens is 2. The lowest BCUT2D eigenvalue weighted by Gasteiger charge is -2.15. The maximum atomic E-state index is 12.3. The second kappa shape index (κ2) is 8.97. The van der Waals surface area contributed by atoms with Crippen LogP contribution in [0.5, 0.6) is 0 Å². The standard InChI is InChI=1S/C22H29N3O/c1-18-7-3-4-8-20(18)16-24(2)17-22(26)23-21-11-9-19(10-12-21)15-25-13-5-6-14-25/h3-4,7-12H,5-6,13-17H2,1-2H3,(H,23,26)/p+2. The molecule has 3 N–H and O–H groups in total. The maximum Gasteiger partial charge on any atom is 0.279 e. The van der Waals surface area contributed by atoms with Gasteiger partial charge in [0.05, 0.1) is 20.1 Å². The monoisotopic (exact) mass is 353 g/mol. The van der Waals surface area contributed by atoms with Gasteiger partial charge >= 0.3 is 0 Å². The van der Waals surface area contributed by atoms with Crippen LogP contribution in [0.2, 0.25) is 0 Å². The Bertz CT molecular complexity index is 720. The molecule has 4 heteroatoms. The first-order valence-corrected chi connectivity index (χ1v) is 9.68. The van der Waals surface area contributed by atoms with Crippen molar-refractivity contribution in [3.8, 4) is 0 Å². The number of rotatable bonds is 7. The van der Waals surface area contributed by atoms with Crippen LogP contribution in [0.1, 0.15) is 29.5 Å². The van der Waals surface area contributed by atoms with Crippen LogP contribution in [0.4, 0.5) is 5.69 Å². The summed E-state index contributed by atoms with van der Waals surface area (Å²) in [4.78, 5) is 15.2. The van der Waals surface area contributed by atoms with Gasteiger partial charge in [0.25, 0.3) is 5.91 Å². The molecule has 1 unspecified atom stereocenters. The van der Waals surface area contributed by atoms with Crippen LogP contribution in [-0.4, -0.2) is 32.6 Å². The third-order valence-corrected chi connectivity index (χ3v) is 5.22. The summed E-state index contributed by atoms with van der Waals surface area (Å²) in [7, 11) is 2.06. The number of carbonyl (C=O) groups is 1. The second-order valence-corrected chi connectivity index (χ2v) is 7.62. The fourth-order valence-corrected chi connectivity index (χ4v) is 3.72. The molecule has 0 spiro atoms. The summed E-state index contributed by atoms with van der Waals surface area (Å²) in [6.45, 7) is 7.11. The molecule has 1 saturated heterocycles. The SMILES string of the molecule is Cc1ccccc1C[NH+](C)CC(=O)Nc1ccc(C[NH+]2CCCC2)cc1. The summed E-state index contributed by atoms with van der Waals surface area (Å²) in [5.41, 5.74) is 4.82. The van der Waals surface area contributed by atoms with E-state index in [1.165, 1.54) is 47.5 Å². The molecule has 2 aromatic rings. The summed E-state index contributed by atoms with van der Waals surface area (Å²) >= 11 is 0. The summed E-state index contributed by atoms with van der Waals surface area (Å²) in [6.07, 6.45) is 2.70. The summed E-state index contributed by atoms with van der Waals surface area (Å²) in [5.74, 6) is 0.0639. The second-order valence-electron chi connectivity index (χ2n) is 7.62. The van der Waals surface area contributed by atoms with E-state index in [-0.39, 0.29) is 5.91 Å². The summed E-state index contributed by atoms with van der Waals surface area (Å²) in [6, 6.07) is 16.7. The minimum Gasteiger partial charge on any atom is -0.331 e. The first kappa shape index (κ1) is 18.6. The maximum absolute atomic E-state index is 12.3. The lowest BCUT2D eigenvalue weighted by atomic mass is 10.1. The predicted octanol–water partition coefficient (Wildman–Crippen LogP) is 0.827. The molecule has 3 rings (SSSR count). The Kier molecular flexibility index (Phi) is 6.42. The van der Waals surface area contributed by atoms with Crippen molar-refractivity contribution >= 4 is 11.6 Å². The number of likely N-dealkylation sites (N-methyl/N-ethyl adjacent to an activating group) is 1. The van der Waals surface area contributed by atoms with Gasteiger partial charge in [0.1, 0.15) is 13.1 Å². The number of carbonyl (C=O) groups excluding carboxylic acids is 1. The van der Waals surface area contributed by atoms with E-state index in [9.17, 15) is 4.79 Å². The van der Waals surface area contributed by atoms with Gasteiger partial charge in [-0.2, -0.15) is 0 Å². The van der Waals surface area contributed by atoms with E-state index in [1.54, 1.807) is 4.90 Å². The molecular formula is C22H31N3O+2. The zero-order chi connectivity index (χ0) is 18.4. The predicted molar refractivity (Wildman–Crippen MR) is 105 cm³/mol. The van der Waals surface area contributed by atoms with E-state index in [0.717, 1.165) is 18.8 Å². The highest BCUT2D eigenvalue weighted by Crippen LogP contribution is 2.09. The zero-order valence-corrected chi connectivity index (χ0v) is 16.0. The number of benzene rings is 2. The first-order chi connectivity index (χ1) is 12.6.